The van der Waals surface area contributed by atoms with Crippen molar-refractivity contribution >= 4 is 18.3 Å². The maximum absolute atomic E-state index is 10.5. The van der Waals surface area contributed by atoms with E-state index in [1.165, 1.54) is 17.3 Å². The third-order valence-electron chi connectivity index (χ3n) is 5.35. The van der Waals surface area contributed by atoms with Crippen LogP contribution in [0.25, 0.3) is 17.1 Å². The van der Waals surface area contributed by atoms with Gasteiger partial charge >= 0.3 is 0 Å². The molecule has 0 fully saturated rings. The quantitative estimate of drug-likeness (QED) is 0.578. The Hall–Kier alpha value is -2.67. The van der Waals surface area contributed by atoms with Gasteiger partial charge in [0.2, 0.25) is 0 Å². The van der Waals surface area contributed by atoms with E-state index in [1.807, 2.05) is 24.5 Å². The van der Waals surface area contributed by atoms with Crippen molar-refractivity contribution in [3.63, 3.8) is 0 Å². The number of phenolic OH excluding ortho intramolecular Hbond substituents is 2. The molecule has 6 nitrogen and oxygen atoms in total. The van der Waals surface area contributed by atoms with Crippen LogP contribution in [0.4, 0.5) is 5.69 Å². The van der Waals surface area contributed by atoms with E-state index in [2.05, 4.69) is 46.8 Å². The van der Waals surface area contributed by atoms with Gasteiger partial charge in [-0.3, -0.25) is 4.57 Å². The van der Waals surface area contributed by atoms with Gasteiger partial charge in [-0.1, -0.05) is 13.8 Å². The fourth-order valence-electron chi connectivity index (χ4n) is 3.85. The number of nitrogens with zero attached hydrogens (tertiary/aromatic N) is 4. The Kier molecular flexibility index (Phi) is 4.71. The van der Waals surface area contributed by atoms with E-state index >= 15 is 0 Å². The number of benzene rings is 2. The van der Waals surface area contributed by atoms with Gasteiger partial charge in [-0.15, -0.1) is 22.8 Å². The number of fused-ring (bicyclic) bond motifs is 1. The summed E-state index contributed by atoms with van der Waals surface area (Å²) in [5, 5.41) is 29.5. The number of rotatable bonds is 4. The topological polar surface area (TPSA) is 74.4 Å². The van der Waals surface area contributed by atoms with Gasteiger partial charge in [0.25, 0.3) is 0 Å². The molecule has 3 aromatic rings. The van der Waals surface area contributed by atoms with E-state index in [0.29, 0.717) is 16.5 Å². The Bertz CT molecular complexity index is 1050. The van der Waals surface area contributed by atoms with Gasteiger partial charge < -0.3 is 15.1 Å². The van der Waals surface area contributed by atoms with Gasteiger partial charge in [-0.25, -0.2) is 0 Å². The number of hydrogen-bond acceptors (Lipinski definition) is 6. The number of likely N-dealkylation sites (N-methyl/N-ethyl adjacent to an activating group) is 1. The first-order chi connectivity index (χ1) is 13.4. The predicted octanol–water partition coefficient (Wildman–Crippen LogP) is 4.14. The average molecular weight is 397 g/mol. The van der Waals surface area contributed by atoms with E-state index in [0.717, 1.165) is 30.8 Å². The highest BCUT2D eigenvalue weighted by Crippen LogP contribution is 2.39. The van der Waals surface area contributed by atoms with Crippen molar-refractivity contribution < 1.29 is 10.2 Å². The molecule has 2 N–H and O–H groups in total. The molecule has 0 unspecified atom stereocenters. The van der Waals surface area contributed by atoms with Gasteiger partial charge in [0.05, 0.1) is 11.3 Å². The molecule has 0 atom stereocenters. The first-order valence-electron chi connectivity index (χ1n) is 9.49. The maximum atomic E-state index is 10.5. The van der Waals surface area contributed by atoms with Crippen molar-refractivity contribution in [1.29, 1.82) is 0 Å². The van der Waals surface area contributed by atoms with E-state index in [1.54, 1.807) is 6.07 Å². The lowest BCUT2D eigenvalue weighted by Gasteiger charge is -2.17. The monoisotopic (exact) mass is 396 g/mol. The lowest BCUT2D eigenvalue weighted by molar-refractivity contribution is 0.444. The summed E-state index contributed by atoms with van der Waals surface area (Å²) in [7, 11) is 0. The summed E-state index contributed by atoms with van der Waals surface area (Å²) in [6.07, 6.45) is 0.998. The van der Waals surface area contributed by atoms with Crippen molar-refractivity contribution in [3.8, 4) is 28.6 Å². The highest BCUT2D eigenvalue weighted by Gasteiger charge is 2.22. The molecule has 0 amide bonds. The zero-order valence-electron chi connectivity index (χ0n) is 16.2. The summed E-state index contributed by atoms with van der Waals surface area (Å²) in [4.78, 5) is 2.36. The van der Waals surface area contributed by atoms with Crippen LogP contribution < -0.4 is 4.90 Å². The largest absolute Gasteiger partial charge is 0.508 e. The first-order valence-corrected chi connectivity index (χ1v) is 9.94. The van der Waals surface area contributed by atoms with Crippen LogP contribution in [0.3, 0.4) is 0 Å². The molecular formula is C21H24N4O2S. The summed E-state index contributed by atoms with van der Waals surface area (Å²) < 4.78 is 1.83. The lowest BCUT2D eigenvalue weighted by Crippen LogP contribution is -2.19. The van der Waals surface area contributed by atoms with Crippen molar-refractivity contribution in [2.24, 2.45) is 0 Å². The lowest BCUT2D eigenvalue weighted by atomic mass is 9.98. The van der Waals surface area contributed by atoms with E-state index in [-0.39, 0.29) is 17.4 Å². The molecule has 1 aromatic heterocycles. The van der Waals surface area contributed by atoms with Gasteiger partial charge in [-0.2, -0.15) is 0 Å². The zero-order valence-corrected chi connectivity index (χ0v) is 17.1. The van der Waals surface area contributed by atoms with Crippen LogP contribution in [0.1, 0.15) is 37.8 Å². The fourth-order valence-corrected chi connectivity index (χ4v) is 4.10. The van der Waals surface area contributed by atoms with Crippen molar-refractivity contribution in [2.75, 3.05) is 18.0 Å². The third kappa shape index (κ3) is 2.99. The SMILES string of the molecule is CCN1CCc2cc(-n3c(S)nnc3-c3cc(C(C)C)c(O)cc3O)ccc21. The smallest absolute Gasteiger partial charge is 0.193 e. The molecule has 0 saturated carbocycles. The Morgan fingerprint density at radius 3 is 2.61 bits per heavy atom. The van der Waals surface area contributed by atoms with Crippen molar-refractivity contribution in [1.82, 2.24) is 14.8 Å². The zero-order chi connectivity index (χ0) is 20.0. The number of phenols is 2. The molecule has 146 valence electrons. The molecule has 28 heavy (non-hydrogen) atoms. The maximum Gasteiger partial charge on any atom is 0.193 e. The fraction of sp³-hybridized carbons (Fsp3) is 0.333. The molecule has 2 aromatic carbocycles. The van der Waals surface area contributed by atoms with Crippen LogP contribution in [0.5, 0.6) is 11.5 Å². The second-order valence-electron chi connectivity index (χ2n) is 7.38. The Balaban J connectivity index is 1.85. The number of hydrogen-bond donors (Lipinski definition) is 3. The third-order valence-corrected chi connectivity index (χ3v) is 5.64. The Labute approximate surface area is 169 Å². The molecule has 0 aliphatic carbocycles. The second kappa shape index (κ2) is 7.05. The molecular weight excluding hydrogens is 372 g/mol. The Morgan fingerprint density at radius 1 is 1.11 bits per heavy atom. The summed E-state index contributed by atoms with van der Waals surface area (Å²) in [5.41, 5.74) is 4.71. The second-order valence-corrected chi connectivity index (χ2v) is 7.78. The summed E-state index contributed by atoms with van der Waals surface area (Å²) >= 11 is 4.49. The number of aromatic hydroxyl groups is 2. The van der Waals surface area contributed by atoms with Crippen molar-refractivity contribution in [2.45, 2.75) is 38.3 Å². The van der Waals surface area contributed by atoms with Crippen LogP contribution in [0, 0.1) is 0 Å². The van der Waals surface area contributed by atoms with Crippen LogP contribution in [0.15, 0.2) is 35.5 Å². The number of aromatic nitrogens is 3. The normalized spacial score (nSPS) is 13.4. The van der Waals surface area contributed by atoms with Gasteiger partial charge in [0.1, 0.15) is 11.5 Å². The summed E-state index contributed by atoms with van der Waals surface area (Å²) in [5.74, 6) is 0.633. The van der Waals surface area contributed by atoms with Crippen LogP contribution >= 0.6 is 12.6 Å². The summed E-state index contributed by atoms with van der Waals surface area (Å²) in [6.45, 7) is 8.15. The molecule has 1 aliphatic rings. The molecule has 0 saturated heterocycles. The first kappa shape index (κ1) is 18.7. The average Bonchev–Trinajstić information content (AvgIpc) is 3.24. The predicted molar refractivity (Wildman–Crippen MR) is 113 cm³/mol. The molecule has 2 heterocycles. The Morgan fingerprint density at radius 2 is 1.89 bits per heavy atom. The van der Waals surface area contributed by atoms with Crippen LogP contribution in [-0.2, 0) is 6.42 Å². The van der Waals surface area contributed by atoms with Gasteiger partial charge in [0, 0.05) is 24.8 Å². The van der Waals surface area contributed by atoms with E-state index < -0.39 is 0 Å². The minimum Gasteiger partial charge on any atom is -0.508 e. The van der Waals surface area contributed by atoms with Gasteiger partial charge in [-0.05, 0) is 54.7 Å². The summed E-state index contributed by atoms with van der Waals surface area (Å²) in [6, 6.07) is 9.42. The van der Waals surface area contributed by atoms with Crippen LogP contribution in [0.2, 0.25) is 0 Å². The molecule has 7 heteroatoms. The highest BCUT2D eigenvalue weighted by molar-refractivity contribution is 7.80. The molecule has 4 rings (SSSR count). The minimum atomic E-state index is -0.0396. The standard InChI is InChI=1S/C21H24N4O2S/c1-4-24-8-7-13-9-14(5-6-17(13)24)25-20(22-23-21(25)28)16-10-15(12(2)3)18(26)11-19(16)27/h5-6,9-12,26-27H,4,7-8H2,1-3H3,(H,23,28). The number of thiol groups is 1. The van der Waals surface area contributed by atoms with Crippen molar-refractivity contribution in [3.05, 3.63) is 41.5 Å². The van der Waals surface area contributed by atoms with Crippen LogP contribution in [-0.4, -0.2) is 38.1 Å². The molecule has 0 spiro atoms. The highest BCUT2D eigenvalue weighted by atomic mass is 32.1. The minimum absolute atomic E-state index is 0.0396. The molecule has 0 bridgehead atoms. The van der Waals surface area contributed by atoms with E-state index in [4.69, 9.17) is 0 Å². The molecule has 1 aliphatic heterocycles. The number of anilines is 1. The van der Waals surface area contributed by atoms with Gasteiger partial charge in [0.15, 0.2) is 11.0 Å². The van der Waals surface area contributed by atoms with E-state index in [9.17, 15) is 10.2 Å². The molecule has 0 radical (unpaired) electrons.